The molecule has 0 unspecified atom stereocenters. The van der Waals surface area contributed by atoms with Gasteiger partial charge in [-0.2, -0.15) is 0 Å². The normalized spacial score (nSPS) is 19.0. The summed E-state index contributed by atoms with van der Waals surface area (Å²) in [4.78, 5) is 16.3. The van der Waals surface area contributed by atoms with Gasteiger partial charge in [0.05, 0.1) is 0 Å². The van der Waals surface area contributed by atoms with Gasteiger partial charge in [-0.15, -0.1) is 0 Å². The Morgan fingerprint density at radius 1 is 0.862 bits per heavy atom. The molecule has 0 radical (unpaired) electrons. The van der Waals surface area contributed by atoms with Crippen molar-refractivity contribution in [3.63, 3.8) is 0 Å². The molecule has 2 aliphatic heterocycles. The van der Waals surface area contributed by atoms with Crippen LogP contribution in [0.15, 0.2) is 48.5 Å². The Labute approximate surface area is 174 Å². The monoisotopic (exact) mass is 392 g/mol. The summed E-state index contributed by atoms with van der Waals surface area (Å²) >= 11 is 0. The quantitative estimate of drug-likeness (QED) is 0.724. The standard InChI is InChI=1S/C25H32N2O2/c1-25(2,3)26-17-14-23(15-18-26)29-22-12-8-20(9-13-22)19-6-10-21(11-7-19)27-16-4-5-24(27)28/h6-13,23H,4-5,14-18H2,1-3H3. The molecule has 2 aromatic carbocycles. The third-order valence-corrected chi connectivity index (χ3v) is 6.13. The van der Waals surface area contributed by atoms with E-state index in [9.17, 15) is 4.79 Å². The Hall–Kier alpha value is -2.33. The number of hydrogen-bond donors (Lipinski definition) is 0. The van der Waals surface area contributed by atoms with Gasteiger partial charge >= 0.3 is 0 Å². The predicted octanol–water partition coefficient (Wildman–Crippen LogP) is 5.12. The fraction of sp³-hybridized carbons (Fsp3) is 0.480. The fourth-order valence-electron chi connectivity index (χ4n) is 4.32. The van der Waals surface area contributed by atoms with Gasteiger partial charge in [0.2, 0.25) is 5.91 Å². The third kappa shape index (κ3) is 4.64. The lowest BCUT2D eigenvalue weighted by Gasteiger charge is -2.40. The number of hydrogen-bond acceptors (Lipinski definition) is 3. The number of anilines is 1. The van der Waals surface area contributed by atoms with Crippen molar-refractivity contribution in [3.8, 4) is 16.9 Å². The first-order chi connectivity index (χ1) is 13.9. The zero-order valence-electron chi connectivity index (χ0n) is 17.9. The maximum Gasteiger partial charge on any atom is 0.227 e. The molecule has 154 valence electrons. The van der Waals surface area contributed by atoms with Crippen LogP contribution in [0.5, 0.6) is 5.75 Å². The summed E-state index contributed by atoms with van der Waals surface area (Å²) in [5.41, 5.74) is 3.56. The van der Waals surface area contributed by atoms with Gasteiger partial charge in [-0.1, -0.05) is 24.3 Å². The summed E-state index contributed by atoms with van der Waals surface area (Å²) in [6.07, 6.45) is 4.08. The second-order valence-electron chi connectivity index (χ2n) is 9.20. The van der Waals surface area contributed by atoms with Crippen LogP contribution in [0.2, 0.25) is 0 Å². The van der Waals surface area contributed by atoms with Crippen LogP contribution >= 0.6 is 0 Å². The van der Waals surface area contributed by atoms with Crippen molar-refractivity contribution in [1.82, 2.24) is 4.90 Å². The Balaban J connectivity index is 1.35. The molecule has 2 saturated heterocycles. The number of ether oxygens (including phenoxy) is 1. The molecule has 0 aliphatic carbocycles. The smallest absolute Gasteiger partial charge is 0.227 e. The summed E-state index contributed by atoms with van der Waals surface area (Å²) in [5, 5.41) is 0. The highest BCUT2D eigenvalue weighted by Crippen LogP contribution is 2.28. The van der Waals surface area contributed by atoms with Crippen molar-refractivity contribution in [3.05, 3.63) is 48.5 Å². The van der Waals surface area contributed by atoms with Gasteiger partial charge in [-0.3, -0.25) is 9.69 Å². The summed E-state index contributed by atoms with van der Waals surface area (Å²) in [5.74, 6) is 1.18. The summed E-state index contributed by atoms with van der Waals surface area (Å²) in [6, 6.07) is 16.7. The van der Waals surface area contributed by atoms with Crippen molar-refractivity contribution < 1.29 is 9.53 Å². The van der Waals surface area contributed by atoms with Gasteiger partial charge in [-0.05, 0) is 75.4 Å². The van der Waals surface area contributed by atoms with E-state index in [4.69, 9.17) is 4.74 Å². The number of benzene rings is 2. The van der Waals surface area contributed by atoms with Crippen molar-refractivity contribution in [1.29, 1.82) is 0 Å². The first-order valence-corrected chi connectivity index (χ1v) is 10.8. The van der Waals surface area contributed by atoms with Crippen molar-refractivity contribution in [2.45, 2.75) is 58.1 Å². The van der Waals surface area contributed by atoms with Gasteiger partial charge in [0.25, 0.3) is 0 Å². The van der Waals surface area contributed by atoms with E-state index >= 15 is 0 Å². The minimum Gasteiger partial charge on any atom is -0.490 e. The van der Waals surface area contributed by atoms with Crippen LogP contribution in [0.25, 0.3) is 11.1 Å². The molecule has 0 bridgehead atoms. The number of rotatable bonds is 4. The molecule has 2 aromatic rings. The fourth-order valence-corrected chi connectivity index (χ4v) is 4.32. The Bertz CT molecular complexity index is 829. The second kappa shape index (κ2) is 8.19. The van der Waals surface area contributed by atoms with Gasteiger partial charge in [0.15, 0.2) is 0 Å². The van der Waals surface area contributed by atoms with Gasteiger partial charge in [0, 0.05) is 37.3 Å². The minimum absolute atomic E-state index is 0.229. The zero-order valence-corrected chi connectivity index (χ0v) is 17.9. The molecule has 2 fully saturated rings. The lowest BCUT2D eigenvalue weighted by atomic mass is 9.99. The third-order valence-electron chi connectivity index (χ3n) is 6.13. The van der Waals surface area contributed by atoms with Gasteiger partial charge < -0.3 is 9.64 Å². The molecular formula is C25H32N2O2. The van der Waals surface area contributed by atoms with E-state index in [1.807, 2.05) is 17.0 Å². The number of nitrogens with zero attached hydrogens (tertiary/aromatic N) is 2. The van der Waals surface area contributed by atoms with E-state index in [1.54, 1.807) is 0 Å². The molecule has 1 amide bonds. The minimum atomic E-state index is 0.229. The number of likely N-dealkylation sites (tertiary alicyclic amines) is 1. The van der Waals surface area contributed by atoms with Crippen LogP contribution in [0.3, 0.4) is 0 Å². The highest BCUT2D eigenvalue weighted by Gasteiger charge is 2.27. The van der Waals surface area contributed by atoms with E-state index in [2.05, 4.69) is 62.1 Å². The largest absolute Gasteiger partial charge is 0.490 e. The van der Waals surface area contributed by atoms with E-state index < -0.39 is 0 Å². The maximum atomic E-state index is 11.9. The molecule has 2 heterocycles. The van der Waals surface area contributed by atoms with Gasteiger partial charge in [0.1, 0.15) is 11.9 Å². The molecule has 0 atom stereocenters. The molecule has 0 N–H and O–H groups in total. The summed E-state index contributed by atoms with van der Waals surface area (Å²) in [6.45, 7) is 9.86. The van der Waals surface area contributed by atoms with E-state index in [-0.39, 0.29) is 11.4 Å². The first kappa shape index (κ1) is 20.0. The van der Waals surface area contributed by atoms with Crippen LogP contribution in [-0.2, 0) is 4.79 Å². The summed E-state index contributed by atoms with van der Waals surface area (Å²) in [7, 11) is 0. The van der Waals surface area contributed by atoms with Crippen molar-refractivity contribution in [2.24, 2.45) is 0 Å². The second-order valence-corrected chi connectivity index (χ2v) is 9.20. The molecule has 0 aromatic heterocycles. The Kier molecular flexibility index (Phi) is 5.64. The molecule has 0 spiro atoms. The Morgan fingerprint density at radius 3 is 1.97 bits per heavy atom. The highest BCUT2D eigenvalue weighted by atomic mass is 16.5. The number of carbonyl (C=O) groups excluding carboxylic acids is 1. The average Bonchev–Trinajstić information content (AvgIpc) is 3.14. The number of carbonyl (C=O) groups is 1. The van der Waals surface area contributed by atoms with Gasteiger partial charge in [-0.25, -0.2) is 0 Å². The highest BCUT2D eigenvalue weighted by molar-refractivity contribution is 5.95. The maximum absolute atomic E-state index is 11.9. The predicted molar refractivity (Wildman–Crippen MR) is 118 cm³/mol. The van der Waals surface area contributed by atoms with Crippen LogP contribution in [0.4, 0.5) is 5.69 Å². The average molecular weight is 393 g/mol. The molecule has 4 rings (SSSR count). The number of piperidine rings is 1. The van der Waals surface area contributed by atoms with E-state index in [0.29, 0.717) is 12.5 Å². The SMILES string of the molecule is CC(C)(C)N1CCC(Oc2ccc(-c3ccc(N4CCCC4=O)cc3)cc2)CC1. The van der Waals surface area contributed by atoms with E-state index in [0.717, 1.165) is 55.9 Å². The lowest BCUT2D eigenvalue weighted by Crippen LogP contribution is -2.48. The Morgan fingerprint density at radius 2 is 1.45 bits per heavy atom. The van der Waals surface area contributed by atoms with Crippen molar-refractivity contribution in [2.75, 3.05) is 24.5 Å². The van der Waals surface area contributed by atoms with Crippen LogP contribution < -0.4 is 9.64 Å². The van der Waals surface area contributed by atoms with Crippen LogP contribution in [-0.4, -0.2) is 42.1 Å². The van der Waals surface area contributed by atoms with Crippen molar-refractivity contribution >= 4 is 11.6 Å². The molecule has 0 saturated carbocycles. The lowest BCUT2D eigenvalue weighted by molar-refractivity contribution is -0.117. The molecule has 4 heteroatoms. The summed E-state index contributed by atoms with van der Waals surface area (Å²) < 4.78 is 6.23. The zero-order chi connectivity index (χ0) is 20.4. The van der Waals surface area contributed by atoms with Crippen LogP contribution in [0.1, 0.15) is 46.5 Å². The first-order valence-electron chi connectivity index (χ1n) is 10.8. The molecule has 4 nitrogen and oxygen atoms in total. The van der Waals surface area contributed by atoms with E-state index in [1.165, 1.54) is 5.56 Å². The number of amides is 1. The molecule has 29 heavy (non-hydrogen) atoms. The topological polar surface area (TPSA) is 32.8 Å². The molecule has 2 aliphatic rings. The molecular weight excluding hydrogens is 360 g/mol. The van der Waals surface area contributed by atoms with Crippen LogP contribution in [0, 0.1) is 0 Å².